The highest BCUT2D eigenvalue weighted by molar-refractivity contribution is 7.17. The lowest BCUT2D eigenvalue weighted by Crippen LogP contribution is -2.50. The maximum absolute atomic E-state index is 12.1. The van der Waals surface area contributed by atoms with E-state index in [0.717, 1.165) is 31.4 Å². The van der Waals surface area contributed by atoms with Crippen molar-refractivity contribution in [1.82, 2.24) is 10.6 Å². The molecule has 0 spiro atoms. The number of alkyl halides is 3. The number of aliphatic hydroxyl groups is 1. The number of thiophene rings is 1. The second-order valence-corrected chi connectivity index (χ2v) is 7.19. The number of carbonyl (C=O) groups excluding carboxylic acids is 1. The smallest absolute Gasteiger partial charge is 0.475 e. The van der Waals surface area contributed by atoms with E-state index in [2.05, 4.69) is 28.1 Å². The summed E-state index contributed by atoms with van der Waals surface area (Å²) in [6, 6.07) is 8.04. The number of nitrogens with one attached hydrogen (secondary N) is 2. The third-order valence-corrected chi connectivity index (χ3v) is 5.26. The van der Waals surface area contributed by atoms with Crippen molar-refractivity contribution in [3.63, 3.8) is 0 Å². The van der Waals surface area contributed by atoms with Crippen LogP contribution in [0.5, 0.6) is 0 Å². The summed E-state index contributed by atoms with van der Waals surface area (Å²) in [7, 11) is 0. The van der Waals surface area contributed by atoms with Crippen molar-refractivity contribution < 1.29 is 33.0 Å². The molecule has 3 rings (SSSR count). The molecule has 4 N–H and O–H groups in total. The molecule has 2 unspecified atom stereocenters. The zero-order valence-corrected chi connectivity index (χ0v) is 15.6. The first-order valence-corrected chi connectivity index (χ1v) is 9.52. The maximum atomic E-state index is 12.1. The molecule has 2 heterocycles. The fraction of sp³-hybridized carbons (Fsp3) is 0.444. The monoisotopic (exact) mass is 418 g/mol. The zero-order valence-electron chi connectivity index (χ0n) is 14.8. The number of rotatable bonds is 4. The Morgan fingerprint density at radius 2 is 2.00 bits per heavy atom. The van der Waals surface area contributed by atoms with Gasteiger partial charge in [0.1, 0.15) is 6.10 Å². The minimum absolute atomic E-state index is 0.115. The van der Waals surface area contributed by atoms with Crippen LogP contribution in [0, 0.1) is 0 Å². The molecule has 2 atom stereocenters. The predicted octanol–water partition coefficient (Wildman–Crippen LogP) is 2.65. The van der Waals surface area contributed by atoms with E-state index in [4.69, 9.17) is 9.90 Å². The fourth-order valence-electron chi connectivity index (χ4n) is 2.81. The molecule has 10 heteroatoms. The number of hydrogen-bond acceptors (Lipinski definition) is 5. The summed E-state index contributed by atoms with van der Waals surface area (Å²) in [5, 5.41) is 26.6. The maximum Gasteiger partial charge on any atom is 0.490 e. The average Bonchev–Trinajstić information content (AvgIpc) is 3.15. The number of halogens is 3. The van der Waals surface area contributed by atoms with Gasteiger partial charge in [-0.3, -0.25) is 4.79 Å². The molecule has 1 aliphatic rings. The van der Waals surface area contributed by atoms with E-state index >= 15 is 0 Å². The third-order valence-electron chi connectivity index (χ3n) is 4.25. The second-order valence-electron chi connectivity index (χ2n) is 6.28. The van der Waals surface area contributed by atoms with E-state index in [1.165, 1.54) is 10.1 Å². The van der Waals surface area contributed by atoms with E-state index < -0.39 is 18.2 Å². The van der Waals surface area contributed by atoms with E-state index in [1.54, 1.807) is 11.3 Å². The Morgan fingerprint density at radius 3 is 2.61 bits per heavy atom. The van der Waals surface area contributed by atoms with E-state index in [9.17, 15) is 23.1 Å². The number of carbonyl (C=O) groups is 2. The number of fused-ring (bicyclic) bond motifs is 1. The van der Waals surface area contributed by atoms with Gasteiger partial charge in [0.2, 0.25) is 0 Å². The number of amides is 1. The Hall–Kier alpha value is -2.17. The summed E-state index contributed by atoms with van der Waals surface area (Å²) in [6.45, 7) is 1.34. The van der Waals surface area contributed by atoms with Crippen LogP contribution in [0.2, 0.25) is 0 Å². The van der Waals surface area contributed by atoms with Crippen LogP contribution < -0.4 is 10.6 Å². The summed E-state index contributed by atoms with van der Waals surface area (Å²) in [6.07, 6.45) is -3.01. The Bertz CT molecular complexity index is 803. The first-order valence-electron chi connectivity index (χ1n) is 8.64. The van der Waals surface area contributed by atoms with E-state index in [1.807, 2.05) is 12.1 Å². The van der Waals surface area contributed by atoms with Gasteiger partial charge in [-0.05, 0) is 41.8 Å². The molecular formula is C18H21F3N2O4S. The van der Waals surface area contributed by atoms with Crippen molar-refractivity contribution in [3.05, 3.63) is 35.2 Å². The van der Waals surface area contributed by atoms with Crippen molar-refractivity contribution in [2.45, 2.75) is 44.1 Å². The van der Waals surface area contributed by atoms with Crippen molar-refractivity contribution >= 4 is 33.3 Å². The molecule has 2 aromatic rings. The highest BCUT2D eigenvalue weighted by Crippen LogP contribution is 2.24. The first-order chi connectivity index (χ1) is 13.2. The topological polar surface area (TPSA) is 98.7 Å². The highest BCUT2D eigenvalue weighted by Gasteiger charge is 2.38. The van der Waals surface area contributed by atoms with E-state index in [-0.39, 0.29) is 11.9 Å². The van der Waals surface area contributed by atoms with Crippen LogP contribution in [0.3, 0.4) is 0 Å². The number of aliphatic carboxylic acids is 1. The summed E-state index contributed by atoms with van der Waals surface area (Å²) in [5.41, 5.74) is 1.10. The summed E-state index contributed by atoms with van der Waals surface area (Å²) >= 11 is 1.68. The quantitative estimate of drug-likeness (QED) is 0.612. The third kappa shape index (κ3) is 6.18. The highest BCUT2D eigenvalue weighted by atomic mass is 32.1. The molecule has 0 saturated carbocycles. The zero-order chi connectivity index (χ0) is 20.7. The molecule has 6 nitrogen and oxygen atoms in total. The minimum Gasteiger partial charge on any atom is -0.475 e. The van der Waals surface area contributed by atoms with Gasteiger partial charge in [0.25, 0.3) is 5.91 Å². The molecule has 1 aromatic carbocycles. The Morgan fingerprint density at radius 1 is 1.29 bits per heavy atom. The molecule has 1 aromatic heterocycles. The number of hydrogen-bond donors (Lipinski definition) is 4. The Balaban J connectivity index is 0.000000345. The summed E-state index contributed by atoms with van der Waals surface area (Å²) < 4.78 is 32.9. The molecular weight excluding hydrogens is 397 g/mol. The SMILES string of the molecule is O=C(NCc1cccc2ccsc12)C(O)C1CCCCN1.O=C(O)C(F)(F)F. The number of piperidine rings is 1. The van der Waals surface area contributed by atoms with Crippen molar-refractivity contribution in [2.75, 3.05) is 6.54 Å². The second kappa shape index (κ2) is 9.85. The van der Waals surface area contributed by atoms with Crippen molar-refractivity contribution in [2.24, 2.45) is 0 Å². The number of aliphatic hydroxyl groups excluding tert-OH is 1. The summed E-state index contributed by atoms with van der Waals surface area (Å²) in [4.78, 5) is 21.0. The molecule has 1 fully saturated rings. The van der Waals surface area contributed by atoms with Gasteiger partial charge in [0.05, 0.1) is 0 Å². The Labute approximate surface area is 163 Å². The predicted molar refractivity (Wildman–Crippen MR) is 99.0 cm³/mol. The van der Waals surface area contributed by atoms with Crippen molar-refractivity contribution in [1.29, 1.82) is 0 Å². The fourth-order valence-corrected chi connectivity index (χ4v) is 3.73. The normalized spacial score (nSPS) is 18.1. The molecule has 28 heavy (non-hydrogen) atoms. The largest absolute Gasteiger partial charge is 0.490 e. The van der Waals surface area contributed by atoms with Gasteiger partial charge in [0.15, 0.2) is 0 Å². The van der Waals surface area contributed by atoms with Gasteiger partial charge < -0.3 is 20.8 Å². The van der Waals surface area contributed by atoms with E-state index in [0.29, 0.717) is 6.54 Å². The standard InChI is InChI=1S/C16H20N2O2S.C2HF3O2/c19-14(13-6-1-2-8-17-13)16(20)18-10-12-5-3-4-11-7-9-21-15(11)12;3-2(4,5)1(6)7/h3-5,7,9,13-14,17,19H,1-2,6,8,10H2,(H,18,20);(H,6,7). The van der Waals surface area contributed by atoms with Crippen LogP contribution in [-0.4, -0.2) is 47.0 Å². The van der Waals surface area contributed by atoms with Crippen LogP contribution in [0.1, 0.15) is 24.8 Å². The van der Waals surface area contributed by atoms with Crippen LogP contribution >= 0.6 is 11.3 Å². The molecule has 0 aliphatic carbocycles. The van der Waals surface area contributed by atoms with Gasteiger partial charge >= 0.3 is 12.1 Å². The lowest BCUT2D eigenvalue weighted by Gasteiger charge is -2.27. The molecule has 1 amide bonds. The van der Waals surface area contributed by atoms with Gasteiger partial charge in [-0.15, -0.1) is 11.3 Å². The number of carboxylic acids is 1. The van der Waals surface area contributed by atoms with Crippen LogP contribution in [0.25, 0.3) is 10.1 Å². The molecule has 1 saturated heterocycles. The lowest BCUT2D eigenvalue weighted by atomic mass is 9.99. The van der Waals surface area contributed by atoms with Crippen LogP contribution in [0.4, 0.5) is 13.2 Å². The van der Waals surface area contributed by atoms with Gasteiger partial charge in [0, 0.05) is 17.3 Å². The summed E-state index contributed by atoms with van der Waals surface area (Å²) in [5.74, 6) is -3.05. The van der Waals surface area contributed by atoms with Crippen LogP contribution in [0.15, 0.2) is 29.6 Å². The number of benzene rings is 1. The van der Waals surface area contributed by atoms with Gasteiger partial charge in [-0.25, -0.2) is 4.79 Å². The first kappa shape index (κ1) is 22.1. The molecule has 154 valence electrons. The lowest BCUT2D eigenvalue weighted by molar-refractivity contribution is -0.192. The Kier molecular flexibility index (Phi) is 7.78. The van der Waals surface area contributed by atoms with Crippen LogP contribution in [-0.2, 0) is 16.1 Å². The number of carboxylic acid groups (broad SMARTS) is 1. The average molecular weight is 418 g/mol. The molecule has 0 bridgehead atoms. The molecule has 0 radical (unpaired) electrons. The molecule has 1 aliphatic heterocycles. The van der Waals surface area contributed by atoms with Crippen molar-refractivity contribution in [3.8, 4) is 0 Å². The van der Waals surface area contributed by atoms with Gasteiger partial charge in [-0.1, -0.05) is 24.6 Å². The van der Waals surface area contributed by atoms with Gasteiger partial charge in [-0.2, -0.15) is 13.2 Å². The minimum atomic E-state index is -5.08.